The van der Waals surface area contributed by atoms with Crippen LogP contribution in [-0.2, 0) is 0 Å². The van der Waals surface area contributed by atoms with Crippen molar-refractivity contribution >= 4 is 29.2 Å². The van der Waals surface area contributed by atoms with Crippen LogP contribution in [0, 0.1) is 10.1 Å². The number of hydrogen-bond acceptors (Lipinski definition) is 7. The third-order valence-corrected chi connectivity index (χ3v) is 3.66. The minimum absolute atomic E-state index is 0.213. The van der Waals surface area contributed by atoms with E-state index in [1.807, 2.05) is 5.32 Å². The van der Waals surface area contributed by atoms with Gasteiger partial charge in [0.15, 0.2) is 0 Å². The predicted octanol–water partition coefficient (Wildman–Crippen LogP) is -0.690. The fraction of sp³-hybridized carbons (Fsp3) is 0. The average molecular weight is 343 g/mol. The van der Waals surface area contributed by atoms with Crippen LogP contribution in [0.4, 0.5) is 11.5 Å². The maximum atomic E-state index is 12.4. The number of nitrogens with one attached hydrogen (secondary N) is 1. The van der Waals surface area contributed by atoms with Crippen molar-refractivity contribution in [3.8, 4) is 5.69 Å². The number of imide groups is 1. The molecule has 0 aliphatic carbocycles. The lowest BCUT2D eigenvalue weighted by Gasteiger charge is -2.14. The van der Waals surface area contributed by atoms with Crippen molar-refractivity contribution < 1.29 is 19.3 Å². The summed E-state index contributed by atoms with van der Waals surface area (Å²) in [5.41, 5.74) is 8.29. The number of fused-ring (bicyclic) bond motifs is 1. The van der Waals surface area contributed by atoms with Crippen molar-refractivity contribution in [1.29, 1.82) is 0 Å². The summed E-state index contributed by atoms with van der Waals surface area (Å²) in [6.07, 6.45) is 0. The lowest BCUT2D eigenvalue weighted by atomic mass is 10.1. The number of nitro groups is 1. The van der Waals surface area contributed by atoms with Crippen LogP contribution in [0.15, 0.2) is 29.1 Å². The van der Waals surface area contributed by atoms with Crippen LogP contribution in [-0.4, -0.2) is 27.2 Å². The number of rotatable bonds is 3. The zero-order chi connectivity index (χ0) is 18.5. The number of carbonyl (C=O) groups excluding carboxylic acids is 3. The molecule has 25 heavy (non-hydrogen) atoms. The maximum Gasteiger partial charge on any atom is 0.284 e. The van der Waals surface area contributed by atoms with E-state index in [1.54, 1.807) is 0 Å². The maximum absolute atomic E-state index is 12.4. The first-order chi connectivity index (χ1) is 11.7. The SMILES string of the molecule is NC(=O)c1c(-n2c(N)c3c(cc2=O)C(=O)NC3=O)cccc1[N+](=O)[O-]. The molecule has 3 rings (SSSR count). The molecular weight excluding hydrogens is 334 g/mol. The van der Waals surface area contributed by atoms with E-state index in [4.69, 9.17) is 11.5 Å². The minimum atomic E-state index is -1.16. The number of hydrogen-bond donors (Lipinski definition) is 3. The molecule has 5 N–H and O–H groups in total. The number of nitrogens with zero attached hydrogens (tertiary/aromatic N) is 2. The summed E-state index contributed by atoms with van der Waals surface area (Å²) in [6.45, 7) is 0. The molecular formula is C14H9N5O6. The number of anilines is 1. The molecule has 0 spiro atoms. The summed E-state index contributed by atoms with van der Waals surface area (Å²) in [5.74, 6) is -3.20. The Labute approximate surface area is 138 Å². The van der Waals surface area contributed by atoms with Crippen LogP contribution >= 0.6 is 0 Å². The van der Waals surface area contributed by atoms with Gasteiger partial charge in [-0.25, -0.2) is 0 Å². The van der Waals surface area contributed by atoms with Crippen LogP contribution in [0.1, 0.15) is 31.1 Å². The molecule has 2 aromatic rings. The second kappa shape index (κ2) is 5.26. The second-order valence-electron chi connectivity index (χ2n) is 5.07. The van der Waals surface area contributed by atoms with Crippen LogP contribution in [0.2, 0.25) is 0 Å². The van der Waals surface area contributed by atoms with Gasteiger partial charge in [0.05, 0.1) is 21.7 Å². The Morgan fingerprint density at radius 3 is 2.48 bits per heavy atom. The monoisotopic (exact) mass is 343 g/mol. The third kappa shape index (κ3) is 2.22. The van der Waals surface area contributed by atoms with E-state index in [-0.39, 0.29) is 16.8 Å². The van der Waals surface area contributed by atoms with Crippen LogP contribution in [0.3, 0.4) is 0 Å². The van der Waals surface area contributed by atoms with Gasteiger partial charge in [-0.15, -0.1) is 0 Å². The molecule has 0 bridgehead atoms. The Balaban J connectivity index is 2.42. The van der Waals surface area contributed by atoms with Crippen molar-refractivity contribution in [2.45, 2.75) is 0 Å². The summed E-state index contributed by atoms with van der Waals surface area (Å²) in [4.78, 5) is 57.9. The fourth-order valence-electron chi connectivity index (χ4n) is 2.65. The van der Waals surface area contributed by atoms with Gasteiger partial charge in [-0.3, -0.25) is 39.2 Å². The molecule has 3 amide bonds. The second-order valence-corrected chi connectivity index (χ2v) is 5.07. The van der Waals surface area contributed by atoms with Crippen molar-refractivity contribution in [1.82, 2.24) is 9.88 Å². The molecule has 0 atom stereocenters. The Kier molecular flexibility index (Phi) is 3.34. The highest BCUT2D eigenvalue weighted by Crippen LogP contribution is 2.28. The van der Waals surface area contributed by atoms with Gasteiger partial charge in [0.25, 0.3) is 29.0 Å². The molecule has 1 aromatic heterocycles. The summed E-state index contributed by atoms with van der Waals surface area (Å²) < 4.78 is 0.726. The number of nitrogens with two attached hydrogens (primary N) is 2. The number of amides is 3. The molecule has 0 unspecified atom stereocenters. The quantitative estimate of drug-likeness (QED) is 0.374. The van der Waals surface area contributed by atoms with E-state index in [1.165, 1.54) is 12.1 Å². The molecule has 0 fully saturated rings. The zero-order valence-corrected chi connectivity index (χ0v) is 12.3. The van der Waals surface area contributed by atoms with E-state index in [9.17, 15) is 29.3 Å². The standard InChI is InChI=1S/C14H9N5O6/c15-11-9-5(13(22)17-14(9)23)4-8(20)18(11)6-2-1-3-7(19(24)25)10(6)12(16)21/h1-4H,15H2,(H2,16,21)(H,17,22,23). The van der Waals surface area contributed by atoms with Gasteiger partial charge in [-0.2, -0.15) is 0 Å². The van der Waals surface area contributed by atoms with Crippen LogP contribution in [0.5, 0.6) is 0 Å². The van der Waals surface area contributed by atoms with E-state index in [2.05, 4.69) is 0 Å². The fourth-order valence-corrected chi connectivity index (χ4v) is 2.65. The van der Waals surface area contributed by atoms with Crippen molar-refractivity contribution in [3.05, 3.63) is 61.4 Å². The normalized spacial score (nSPS) is 12.6. The Morgan fingerprint density at radius 1 is 1.20 bits per heavy atom. The van der Waals surface area contributed by atoms with Gasteiger partial charge in [-0.1, -0.05) is 6.07 Å². The van der Waals surface area contributed by atoms with E-state index < -0.39 is 45.3 Å². The average Bonchev–Trinajstić information content (AvgIpc) is 2.81. The molecule has 0 saturated carbocycles. The van der Waals surface area contributed by atoms with Gasteiger partial charge in [-0.05, 0) is 6.07 Å². The number of benzene rings is 1. The number of pyridine rings is 1. The van der Waals surface area contributed by atoms with Crippen molar-refractivity contribution in [3.63, 3.8) is 0 Å². The number of nitrogen functional groups attached to an aromatic ring is 1. The first-order valence-corrected chi connectivity index (χ1v) is 6.72. The first-order valence-electron chi connectivity index (χ1n) is 6.72. The molecule has 126 valence electrons. The Morgan fingerprint density at radius 2 is 1.88 bits per heavy atom. The highest BCUT2D eigenvalue weighted by atomic mass is 16.6. The lowest BCUT2D eigenvalue weighted by molar-refractivity contribution is -0.385. The number of carbonyl (C=O) groups is 3. The summed E-state index contributed by atoms with van der Waals surface area (Å²) in [5, 5.41) is 13.1. The number of primary amides is 1. The van der Waals surface area contributed by atoms with Gasteiger partial charge in [0, 0.05) is 12.1 Å². The molecule has 11 heteroatoms. The Bertz CT molecular complexity index is 1050. The summed E-state index contributed by atoms with van der Waals surface area (Å²) >= 11 is 0. The summed E-state index contributed by atoms with van der Waals surface area (Å²) in [7, 11) is 0. The van der Waals surface area contributed by atoms with Crippen molar-refractivity contribution in [2.75, 3.05) is 5.73 Å². The third-order valence-electron chi connectivity index (χ3n) is 3.66. The van der Waals surface area contributed by atoms with E-state index in [0.29, 0.717) is 0 Å². The lowest BCUT2D eigenvalue weighted by Crippen LogP contribution is -2.27. The van der Waals surface area contributed by atoms with E-state index in [0.717, 1.165) is 16.7 Å². The number of aromatic nitrogens is 1. The predicted molar refractivity (Wildman–Crippen MR) is 83.4 cm³/mol. The van der Waals surface area contributed by atoms with Crippen LogP contribution < -0.4 is 22.3 Å². The zero-order valence-electron chi connectivity index (χ0n) is 12.3. The minimum Gasteiger partial charge on any atom is -0.384 e. The molecule has 0 radical (unpaired) electrons. The Hall–Kier alpha value is -4.02. The molecule has 1 aromatic carbocycles. The first kappa shape index (κ1) is 15.9. The van der Waals surface area contributed by atoms with E-state index >= 15 is 0 Å². The largest absolute Gasteiger partial charge is 0.384 e. The highest BCUT2D eigenvalue weighted by molar-refractivity contribution is 6.23. The van der Waals surface area contributed by atoms with Gasteiger partial charge < -0.3 is 11.5 Å². The smallest absolute Gasteiger partial charge is 0.284 e. The van der Waals surface area contributed by atoms with Gasteiger partial charge in [0.1, 0.15) is 11.4 Å². The number of nitro benzene ring substituents is 1. The van der Waals surface area contributed by atoms with Gasteiger partial charge >= 0.3 is 0 Å². The molecule has 1 aliphatic rings. The summed E-state index contributed by atoms with van der Waals surface area (Å²) in [6, 6.07) is 4.33. The molecule has 2 heterocycles. The van der Waals surface area contributed by atoms with Crippen LogP contribution in [0.25, 0.3) is 5.69 Å². The molecule has 11 nitrogen and oxygen atoms in total. The molecule has 1 aliphatic heterocycles. The topological polar surface area (TPSA) is 180 Å². The van der Waals surface area contributed by atoms with Crippen molar-refractivity contribution in [2.24, 2.45) is 5.73 Å². The van der Waals surface area contributed by atoms with Gasteiger partial charge in [0.2, 0.25) is 0 Å². The molecule has 0 saturated heterocycles. The highest BCUT2D eigenvalue weighted by Gasteiger charge is 2.33.